The van der Waals surface area contributed by atoms with Crippen LogP contribution in [0, 0.1) is 13.8 Å². The van der Waals surface area contributed by atoms with Gasteiger partial charge in [0.15, 0.2) is 0 Å². The molecule has 0 aliphatic rings. The molecule has 0 radical (unpaired) electrons. The van der Waals surface area contributed by atoms with E-state index < -0.39 is 5.97 Å². The van der Waals surface area contributed by atoms with E-state index in [1.54, 1.807) is 13.8 Å². The third-order valence-corrected chi connectivity index (χ3v) is 2.35. The third-order valence-electron chi connectivity index (χ3n) is 2.35. The first-order valence-corrected chi connectivity index (χ1v) is 5.52. The molecule has 0 atom stereocenters. The van der Waals surface area contributed by atoms with E-state index in [4.69, 9.17) is 5.11 Å². The Morgan fingerprint density at radius 2 is 2.06 bits per heavy atom. The maximum absolute atomic E-state index is 11.9. The Kier molecular flexibility index (Phi) is 4.59. The zero-order valence-corrected chi connectivity index (χ0v) is 10.7. The molecule has 5 heteroatoms. The van der Waals surface area contributed by atoms with Crippen molar-refractivity contribution in [2.45, 2.75) is 20.8 Å². The van der Waals surface area contributed by atoms with Crippen LogP contribution in [0.25, 0.3) is 0 Å². The number of aliphatic carboxylic acids is 1. The summed E-state index contributed by atoms with van der Waals surface area (Å²) in [6.45, 7) is 5.46. The monoisotopic (exact) mass is 248 g/mol. The predicted octanol–water partition coefficient (Wildman–Crippen LogP) is 1.46. The van der Waals surface area contributed by atoms with E-state index in [9.17, 15) is 9.59 Å². The van der Waals surface area contributed by atoms with E-state index in [0.717, 1.165) is 17.3 Å². The highest BCUT2D eigenvalue weighted by atomic mass is 16.4. The lowest BCUT2D eigenvalue weighted by molar-refractivity contribution is -0.131. The molecule has 1 amide bonds. The fourth-order valence-corrected chi connectivity index (χ4v) is 1.42. The average Bonchev–Trinajstić information content (AvgIpc) is 2.28. The highest BCUT2D eigenvalue weighted by Crippen LogP contribution is 2.06. The molecule has 1 heterocycles. The lowest BCUT2D eigenvalue weighted by atomic mass is 10.2. The van der Waals surface area contributed by atoms with Crippen LogP contribution < -0.4 is 5.32 Å². The van der Waals surface area contributed by atoms with Gasteiger partial charge in [0.1, 0.15) is 5.69 Å². The second kappa shape index (κ2) is 5.95. The summed E-state index contributed by atoms with van der Waals surface area (Å²) >= 11 is 0. The first kappa shape index (κ1) is 13.9. The summed E-state index contributed by atoms with van der Waals surface area (Å²) in [6.07, 6.45) is 1.07. The van der Waals surface area contributed by atoms with Crippen LogP contribution in [0.5, 0.6) is 0 Å². The molecule has 0 unspecified atom stereocenters. The van der Waals surface area contributed by atoms with Gasteiger partial charge in [0.25, 0.3) is 5.91 Å². The molecule has 1 aromatic heterocycles. The number of rotatable bonds is 4. The normalized spacial score (nSPS) is 11.2. The lowest BCUT2D eigenvalue weighted by Crippen LogP contribution is -2.27. The summed E-state index contributed by atoms with van der Waals surface area (Å²) < 4.78 is 0. The van der Waals surface area contributed by atoms with Crippen LogP contribution in [0.1, 0.15) is 28.7 Å². The highest BCUT2D eigenvalue weighted by molar-refractivity contribution is 5.93. The van der Waals surface area contributed by atoms with E-state index in [0.29, 0.717) is 11.3 Å². The number of hydrogen-bond acceptors (Lipinski definition) is 3. The molecule has 1 rings (SSSR count). The minimum atomic E-state index is -1.02. The summed E-state index contributed by atoms with van der Waals surface area (Å²) in [7, 11) is 0. The largest absolute Gasteiger partial charge is 0.478 e. The second-order valence-electron chi connectivity index (χ2n) is 4.13. The highest BCUT2D eigenvalue weighted by Gasteiger charge is 2.10. The van der Waals surface area contributed by atoms with E-state index in [1.807, 2.05) is 19.1 Å². The summed E-state index contributed by atoms with van der Waals surface area (Å²) in [4.78, 5) is 26.4. The molecule has 1 aromatic rings. The molecular formula is C13H16N2O3. The number of hydrogen-bond donors (Lipinski definition) is 2. The Balaban J connectivity index is 2.72. The Hall–Kier alpha value is -2.17. The number of carbonyl (C=O) groups is 2. The van der Waals surface area contributed by atoms with Crippen molar-refractivity contribution in [3.63, 3.8) is 0 Å². The molecule has 0 saturated carbocycles. The number of amides is 1. The van der Waals surface area contributed by atoms with Crippen LogP contribution in [0.15, 0.2) is 23.8 Å². The van der Waals surface area contributed by atoms with Crippen molar-refractivity contribution in [1.29, 1.82) is 0 Å². The van der Waals surface area contributed by atoms with Crippen LogP contribution in [-0.4, -0.2) is 28.5 Å². The van der Waals surface area contributed by atoms with Crippen molar-refractivity contribution in [1.82, 2.24) is 10.3 Å². The molecule has 0 spiro atoms. The Morgan fingerprint density at radius 1 is 1.39 bits per heavy atom. The molecule has 18 heavy (non-hydrogen) atoms. The molecule has 2 N–H and O–H groups in total. The molecule has 5 nitrogen and oxygen atoms in total. The first-order chi connectivity index (χ1) is 8.40. The number of nitrogens with zero attached hydrogens (tertiary/aromatic N) is 1. The van der Waals surface area contributed by atoms with Gasteiger partial charge in [-0.05, 0) is 38.0 Å². The van der Waals surface area contributed by atoms with Crippen LogP contribution >= 0.6 is 0 Å². The SMILES string of the molecule is C/C(=C\C(=O)O)CNC(=O)c1nc(C)ccc1C. The predicted molar refractivity (Wildman–Crippen MR) is 67.4 cm³/mol. The van der Waals surface area contributed by atoms with Gasteiger partial charge < -0.3 is 10.4 Å². The Morgan fingerprint density at radius 3 is 2.67 bits per heavy atom. The van der Waals surface area contributed by atoms with Gasteiger partial charge in [-0.25, -0.2) is 9.78 Å². The van der Waals surface area contributed by atoms with Crippen molar-refractivity contribution in [3.05, 3.63) is 40.7 Å². The van der Waals surface area contributed by atoms with Gasteiger partial charge in [-0.15, -0.1) is 0 Å². The topological polar surface area (TPSA) is 79.3 Å². The quantitative estimate of drug-likeness (QED) is 0.790. The van der Waals surface area contributed by atoms with Gasteiger partial charge in [0, 0.05) is 18.3 Å². The van der Waals surface area contributed by atoms with Crippen LogP contribution in [-0.2, 0) is 4.79 Å². The standard InChI is InChI=1S/C13H16N2O3/c1-8(6-11(16)17)7-14-13(18)12-9(2)4-5-10(3)15-12/h4-6H,7H2,1-3H3,(H,14,18)(H,16,17)/b8-6+. The van der Waals surface area contributed by atoms with Crippen molar-refractivity contribution in [2.75, 3.05) is 6.54 Å². The van der Waals surface area contributed by atoms with E-state index in [2.05, 4.69) is 10.3 Å². The van der Waals surface area contributed by atoms with Crippen molar-refractivity contribution >= 4 is 11.9 Å². The van der Waals surface area contributed by atoms with Gasteiger partial charge in [0.05, 0.1) is 0 Å². The van der Waals surface area contributed by atoms with Crippen molar-refractivity contribution in [2.24, 2.45) is 0 Å². The third kappa shape index (κ3) is 4.01. The van der Waals surface area contributed by atoms with Crippen molar-refractivity contribution in [3.8, 4) is 0 Å². The van der Waals surface area contributed by atoms with Crippen molar-refractivity contribution < 1.29 is 14.7 Å². The smallest absolute Gasteiger partial charge is 0.328 e. The van der Waals surface area contributed by atoms with Crippen LogP contribution in [0.2, 0.25) is 0 Å². The Bertz CT molecular complexity index is 507. The lowest BCUT2D eigenvalue weighted by Gasteiger charge is -2.07. The van der Waals surface area contributed by atoms with Crippen LogP contribution in [0.3, 0.4) is 0 Å². The summed E-state index contributed by atoms with van der Waals surface area (Å²) in [6, 6.07) is 3.67. The molecule has 0 bridgehead atoms. The maximum Gasteiger partial charge on any atom is 0.328 e. The van der Waals surface area contributed by atoms with E-state index in [1.165, 1.54) is 0 Å². The van der Waals surface area contributed by atoms with E-state index in [-0.39, 0.29) is 12.5 Å². The average molecular weight is 248 g/mol. The number of aryl methyl sites for hydroxylation is 2. The van der Waals surface area contributed by atoms with Gasteiger partial charge >= 0.3 is 5.97 Å². The molecular weight excluding hydrogens is 232 g/mol. The number of carboxylic acids is 1. The number of aromatic nitrogens is 1. The summed E-state index contributed by atoms with van der Waals surface area (Å²) in [5.74, 6) is -1.32. The zero-order valence-electron chi connectivity index (χ0n) is 10.7. The van der Waals surface area contributed by atoms with Gasteiger partial charge in [-0.3, -0.25) is 4.79 Å². The van der Waals surface area contributed by atoms with Gasteiger partial charge in [-0.1, -0.05) is 6.07 Å². The molecule has 0 aromatic carbocycles. The molecule has 0 aliphatic carbocycles. The number of carbonyl (C=O) groups excluding carboxylic acids is 1. The molecule has 0 fully saturated rings. The van der Waals surface area contributed by atoms with E-state index >= 15 is 0 Å². The minimum Gasteiger partial charge on any atom is -0.478 e. The molecule has 96 valence electrons. The first-order valence-electron chi connectivity index (χ1n) is 5.52. The van der Waals surface area contributed by atoms with Gasteiger partial charge in [-0.2, -0.15) is 0 Å². The van der Waals surface area contributed by atoms with Crippen LogP contribution in [0.4, 0.5) is 0 Å². The summed E-state index contributed by atoms with van der Waals surface area (Å²) in [5.41, 5.74) is 2.50. The number of nitrogens with one attached hydrogen (secondary N) is 1. The fraction of sp³-hybridized carbons (Fsp3) is 0.308. The number of carboxylic acid groups (broad SMARTS) is 1. The zero-order chi connectivity index (χ0) is 13.7. The van der Waals surface area contributed by atoms with Gasteiger partial charge in [0.2, 0.25) is 0 Å². The number of pyridine rings is 1. The maximum atomic E-state index is 11.9. The fourth-order valence-electron chi connectivity index (χ4n) is 1.42. The molecule has 0 saturated heterocycles. The Labute approximate surface area is 106 Å². The molecule has 0 aliphatic heterocycles. The summed E-state index contributed by atoms with van der Waals surface area (Å²) in [5, 5.41) is 11.2. The second-order valence-corrected chi connectivity index (χ2v) is 4.13. The minimum absolute atomic E-state index is 0.195.